The van der Waals surface area contributed by atoms with E-state index < -0.39 is 0 Å². The van der Waals surface area contributed by atoms with E-state index in [-0.39, 0.29) is 22.8 Å². The Balaban J connectivity index is 1.58. The van der Waals surface area contributed by atoms with Crippen molar-refractivity contribution in [3.05, 3.63) is 41.7 Å². The fraction of sp³-hybridized carbons (Fsp3) is 0.353. The standard InChI is InChI=1S/C17H20N4O3/c1-17(2)10-11-4-5-12(13(22)14(11)24-17)15(23)18-8-9-21-16-19-6-3-7-20-16/h3-7,22H,8-10H2,1-2H3,(H,18,23)(H,19,20,21). The summed E-state index contributed by atoms with van der Waals surface area (Å²) in [5.74, 6) is 0.459. The number of ether oxygens (including phenoxy) is 1. The van der Waals surface area contributed by atoms with E-state index >= 15 is 0 Å². The zero-order valence-corrected chi connectivity index (χ0v) is 13.7. The Morgan fingerprint density at radius 1 is 1.29 bits per heavy atom. The van der Waals surface area contributed by atoms with E-state index in [0.717, 1.165) is 5.56 Å². The van der Waals surface area contributed by atoms with Crippen LogP contribution in [-0.4, -0.2) is 39.7 Å². The van der Waals surface area contributed by atoms with Crippen LogP contribution in [0.2, 0.25) is 0 Å². The number of aromatic nitrogens is 2. The van der Waals surface area contributed by atoms with Crippen LogP contribution in [-0.2, 0) is 6.42 Å². The fourth-order valence-electron chi connectivity index (χ4n) is 2.66. The smallest absolute Gasteiger partial charge is 0.255 e. The molecule has 0 radical (unpaired) electrons. The van der Waals surface area contributed by atoms with Gasteiger partial charge in [0.2, 0.25) is 5.95 Å². The molecule has 0 saturated heterocycles. The third-order valence-electron chi connectivity index (χ3n) is 3.71. The van der Waals surface area contributed by atoms with Gasteiger partial charge in [0.1, 0.15) is 5.60 Å². The number of carbonyl (C=O) groups is 1. The minimum Gasteiger partial charge on any atom is -0.504 e. The first-order chi connectivity index (χ1) is 11.5. The van der Waals surface area contributed by atoms with Gasteiger partial charge >= 0.3 is 0 Å². The zero-order valence-electron chi connectivity index (χ0n) is 13.7. The van der Waals surface area contributed by atoms with Gasteiger partial charge in [-0.3, -0.25) is 4.79 Å². The van der Waals surface area contributed by atoms with E-state index in [9.17, 15) is 9.90 Å². The predicted octanol–water partition coefficient (Wildman–Crippen LogP) is 1.74. The van der Waals surface area contributed by atoms with E-state index in [1.807, 2.05) is 19.9 Å². The Labute approximate surface area is 140 Å². The van der Waals surface area contributed by atoms with Gasteiger partial charge in [-0.15, -0.1) is 0 Å². The summed E-state index contributed by atoms with van der Waals surface area (Å²) in [6.07, 6.45) is 3.98. The monoisotopic (exact) mass is 328 g/mol. The Morgan fingerprint density at radius 2 is 2.04 bits per heavy atom. The number of phenolic OH excluding ortho intramolecular Hbond substituents is 1. The molecule has 0 unspecified atom stereocenters. The number of amides is 1. The van der Waals surface area contributed by atoms with Crippen LogP contribution in [0.5, 0.6) is 11.5 Å². The van der Waals surface area contributed by atoms with E-state index in [1.54, 1.807) is 24.5 Å². The van der Waals surface area contributed by atoms with Gasteiger partial charge < -0.3 is 20.5 Å². The number of phenols is 1. The number of rotatable bonds is 5. The maximum absolute atomic E-state index is 12.3. The lowest BCUT2D eigenvalue weighted by atomic mass is 10.0. The van der Waals surface area contributed by atoms with Gasteiger partial charge in [-0.05, 0) is 26.0 Å². The second-order valence-electron chi connectivity index (χ2n) is 6.24. The normalized spacial score (nSPS) is 14.6. The van der Waals surface area contributed by atoms with Crippen LogP contribution in [0.25, 0.3) is 0 Å². The minimum absolute atomic E-state index is 0.102. The summed E-state index contributed by atoms with van der Waals surface area (Å²) < 4.78 is 5.74. The summed E-state index contributed by atoms with van der Waals surface area (Å²) in [7, 11) is 0. The average molecular weight is 328 g/mol. The van der Waals surface area contributed by atoms with Crippen molar-refractivity contribution < 1.29 is 14.6 Å². The summed E-state index contributed by atoms with van der Waals surface area (Å²) in [5.41, 5.74) is 0.758. The summed E-state index contributed by atoms with van der Waals surface area (Å²) in [5, 5.41) is 16.1. The average Bonchev–Trinajstić information content (AvgIpc) is 2.88. The quantitative estimate of drug-likeness (QED) is 0.724. The van der Waals surface area contributed by atoms with Crippen LogP contribution in [0.15, 0.2) is 30.6 Å². The summed E-state index contributed by atoms with van der Waals surface area (Å²) >= 11 is 0. The van der Waals surface area contributed by atoms with Crippen molar-refractivity contribution in [1.82, 2.24) is 15.3 Å². The molecule has 0 saturated carbocycles. The van der Waals surface area contributed by atoms with Crippen molar-refractivity contribution in [3.63, 3.8) is 0 Å². The first kappa shape index (κ1) is 16.0. The molecular formula is C17H20N4O3. The van der Waals surface area contributed by atoms with E-state index in [1.165, 1.54) is 0 Å². The first-order valence-corrected chi connectivity index (χ1v) is 7.79. The van der Waals surface area contributed by atoms with Gasteiger partial charge in [-0.2, -0.15) is 0 Å². The molecule has 3 N–H and O–H groups in total. The molecule has 0 bridgehead atoms. The van der Waals surface area contributed by atoms with E-state index in [0.29, 0.717) is 31.2 Å². The lowest BCUT2D eigenvalue weighted by Gasteiger charge is -2.17. The molecule has 0 fully saturated rings. The molecule has 7 heteroatoms. The number of anilines is 1. The molecule has 3 rings (SSSR count). The minimum atomic E-state index is -0.367. The second-order valence-corrected chi connectivity index (χ2v) is 6.24. The number of nitrogens with zero attached hydrogens (tertiary/aromatic N) is 2. The van der Waals surface area contributed by atoms with Crippen LogP contribution in [0.4, 0.5) is 5.95 Å². The Morgan fingerprint density at radius 3 is 2.79 bits per heavy atom. The maximum atomic E-state index is 12.3. The van der Waals surface area contributed by atoms with Gasteiger partial charge in [-0.25, -0.2) is 9.97 Å². The molecule has 0 atom stereocenters. The lowest BCUT2D eigenvalue weighted by molar-refractivity contribution is 0.0949. The zero-order chi connectivity index (χ0) is 17.2. The van der Waals surface area contributed by atoms with Gasteiger partial charge in [0.25, 0.3) is 5.91 Å². The lowest BCUT2D eigenvalue weighted by Crippen LogP contribution is -2.29. The van der Waals surface area contributed by atoms with Gasteiger partial charge in [0.05, 0.1) is 5.56 Å². The van der Waals surface area contributed by atoms with Crippen LogP contribution in [0, 0.1) is 0 Å². The summed E-state index contributed by atoms with van der Waals surface area (Å²) in [4.78, 5) is 20.3. The van der Waals surface area contributed by atoms with Crippen molar-refractivity contribution >= 4 is 11.9 Å². The summed E-state index contributed by atoms with van der Waals surface area (Å²) in [6.45, 7) is 4.75. The van der Waals surface area contributed by atoms with Crippen LogP contribution in [0.1, 0.15) is 29.8 Å². The highest BCUT2D eigenvalue weighted by atomic mass is 16.5. The third kappa shape index (κ3) is 3.40. The highest BCUT2D eigenvalue weighted by Crippen LogP contribution is 2.43. The molecule has 1 aromatic carbocycles. The SMILES string of the molecule is CC1(C)Cc2ccc(C(=O)NCCNc3ncccn3)c(O)c2O1. The predicted molar refractivity (Wildman–Crippen MR) is 89.4 cm³/mol. The molecule has 1 aromatic heterocycles. The number of aromatic hydroxyl groups is 1. The highest BCUT2D eigenvalue weighted by Gasteiger charge is 2.33. The van der Waals surface area contributed by atoms with E-state index in [2.05, 4.69) is 20.6 Å². The third-order valence-corrected chi connectivity index (χ3v) is 3.71. The largest absolute Gasteiger partial charge is 0.504 e. The molecule has 1 aliphatic rings. The van der Waals surface area contributed by atoms with Gasteiger partial charge in [0, 0.05) is 37.5 Å². The van der Waals surface area contributed by atoms with Gasteiger partial charge in [-0.1, -0.05) is 6.07 Å². The van der Waals surface area contributed by atoms with Crippen molar-refractivity contribution in [2.45, 2.75) is 25.9 Å². The second kappa shape index (κ2) is 6.35. The Kier molecular flexibility index (Phi) is 4.24. The molecule has 7 nitrogen and oxygen atoms in total. The number of hydrogen-bond donors (Lipinski definition) is 3. The number of hydrogen-bond acceptors (Lipinski definition) is 6. The van der Waals surface area contributed by atoms with Gasteiger partial charge in [0.15, 0.2) is 11.5 Å². The molecule has 0 spiro atoms. The number of nitrogens with one attached hydrogen (secondary N) is 2. The van der Waals surface area contributed by atoms with Crippen molar-refractivity contribution in [1.29, 1.82) is 0 Å². The number of fused-ring (bicyclic) bond motifs is 1. The van der Waals surface area contributed by atoms with Crippen LogP contribution in [0.3, 0.4) is 0 Å². The molecule has 1 amide bonds. The van der Waals surface area contributed by atoms with Crippen LogP contribution >= 0.6 is 0 Å². The molecule has 126 valence electrons. The molecule has 24 heavy (non-hydrogen) atoms. The Hall–Kier alpha value is -2.83. The molecule has 2 aromatic rings. The topological polar surface area (TPSA) is 96.4 Å². The summed E-state index contributed by atoms with van der Waals surface area (Å²) in [6, 6.07) is 5.18. The fourth-order valence-corrected chi connectivity index (χ4v) is 2.66. The van der Waals surface area contributed by atoms with Crippen LogP contribution < -0.4 is 15.4 Å². The number of benzene rings is 1. The first-order valence-electron chi connectivity index (χ1n) is 7.79. The van der Waals surface area contributed by atoms with E-state index in [4.69, 9.17) is 4.74 Å². The van der Waals surface area contributed by atoms with Crippen molar-refractivity contribution in [2.24, 2.45) is 0 Å². The number of carbonyl (C=O) groups excluding carboxylic acids is 1. The highest BCUT2D eigenvalue weighted by molar-refractivity contribution is 5.98. The Bertz CT molecular complexity index is 747. The molecular weight excluding hydrogens is 308 g/mol. The van der Waals surface area contributed by atoms with Crippen molar-refractivity contribution in [3.8, 4) is 11.5 Å². The maximum Gasteiger partial charge on any atom is 0.255 e. The molecule has 1 aliphatic heterocycles. The van der Waals surface area contributed by atoms with Crippen molar-refractivity contribution in [2.75, 3.05) is 18.4 Å². The molecule has 2 heterocycles. The molecule has 0 aliphatic carbocycles.